The fraction of sp³-hybridized carbons (Fsp3) is 0.240. The minimum Gasteiger partial charge on any atom is -0.439 e. The SMILES string of the molecule is O=C1O[C@@H](c2ccccc2)[C@H](c2ccccc2)N1CCCCc1ccccc1. The maximum absolute atomic E-state index is 12.7. The molecule has 1 heterocycles. The molecule has 0 aliphatic carbocycles. The van der Waals surface area contributed by atoms with Gasteiger partial charge in [-0.05, 0) is 36.0 Å². The van der Waals surface area contributed by atoms with E-state index in [1.54, 1.807) is 0 Å². The van der Waals surface area contributed by atoms with Gasteiger partial charge in [0.05, 0.1) is 0 Å². The van der Waals surface area contributed by atoms with Gasteiger partial charge in [-0.1, -0.05) is 91.0 Å². The minimum atomic E-state index is -0.273. The Kier molecular flexibility index (Phi) is 5.72. The van der Waals surface area contributed by atoms with Crippen LogP contribution in [-0.2, 0) is 11.2 Å². The summed E-state index contributed by atoms with van der Waals surface area (Å²) in [5.74, 6) is 0. The Bertz CT molecular complexity index is 880. The van der Waals surface area contributed by atoms with E-state index in [0.717, 1.165) is 30.4 Å². The van der Waals surface area contributed by atoms with Gasteiger partial charge in [0.15, 0.2) is 6.10 Å². The summed E-state index contributed by atoms with van der Waals surface area (Å²) < 4.78 is 5.83. The van der Waals surface area contributed by atoms with Gasteiger partial charge in [0, 0.05) is 6.54 Å². The maximum atomic E-state index is 12.7. The fourth-order valence-corrected chi connectivity index (χ4v) is 3.90. The average Bonchev–Trinajstić information content (AvgIpc) is 3.09. The number of hydrogen-bond acceptors (Lipinski definition) is 2. The zero-order chi connectivity index (χ0) is 19.2. The molecule has 3 nitrogen and oxygen atoms in total. The van der Waals surface area contributed by atoms with Crippen molar-refractivity contribution in [3.8, 4) is 0 Å². The molecule has 1 saturated heterocycles. The Labute approximate surface area is 166 Å². The molecule has 28 heavy (non-hydrogen) atoms. The Morgan fingerprint density at radius 1 is 0.714 bits per heavy atom. The van der Waals surface area contributed by atoms with Crippen molar-refractivity contribution in [3.05, 3.63) is 108 Å². The van der Waals surface area contributed by atoms with Gasteiger partial charge in [-0.25, -0.2) is 4.79 Å². The molecule has 3 aromatic rings. The second kappa shape index (κ2) is 8.75. The van der Waals surface area contributed by atoms with Gasteiger partial charge in [-0.15, -0.1) is 0 Å². The number of carbonyl (C=O) groups excluding carboxylic acids is 1. The topological polar surface area (TPSA) is 29.5 Å². The highest BCUT2D eigenvalue weighted by Gasteiger charge is 2.42. The summed E-state index contributed by atoms with van der Waals surface area (Å²) in [5, 5.41) is 0. The molecule has 0 unspecified atom stereocenters. The van der Waals surface area contributed by atoms with E-state index in [9.17, 15) is 4.79 Å². The van der Waals surface area contributed by atoms with Crippen molar-refractivity contribution in [1.82, 2.24) is 4.90 Å². The summed E-state index contributed by atoms with van der Waals surface area (Å²) in [7, 11) is 0. The van der Waals surface area contributed by atoms with Crippen molar-refractivity contribution in [1.29, 1.82) is 0 Å². The lowest BCUT2D eigenvalue weighted by Crippen LogP contribution is -2.29. The van der Waals surface area contributed by atoms with Crippen LogP contribution in [0.5, 0.6) is 0 Å². The van der Waals surface area contributed by atoms with Crippen molar-refractivity contribution in [3.63, 3.8) is 0 Å². The van der Waals surface area contributed by atoms with Crippen molar-refractivity contribution >= 4 is 6.09 Å². The first-order valence-corrected chi connectivity index (χ1v) is 9.94. The van der Waals surface area contributed by atoms with Crippen LogP contribution >= 0.6 is 0 Å². The predicted molar refractivity (Wildman–Crippen MR) is 111 cm³/mol. The number of rotatable bonds is 7. The number of aryl methyl sites for hydroxylation is 1. The number of hydrogen-bond donors (Lipinski definition) is 0. The summed E-state index contributed by atoms with van der Waals surface area (Å²) in [6, 6.07) is 30.7. The standard InChI is InChI=1S/C25H25NO2/c27-25-26(19-11-10-14-20-12-4-1-5-13-20)23(21-15-6-2-7-16-21)24(28-25)22-17-8-3-9-18-22/h1-9,12-13,15-18,23-24H,10-11,14,19H2/t23-,24-/m0/s1. The van der Waals surface area contributed by atoms with Gasteiger partial charge < -0.3 is 4.74 Å². The third-order valence-corrected chi connectivity index (χ3v) is 5.31. The molecule has 0 saturated carbocycles. The molecule has 0 radical (unpaired) electrons. The number of ether oxygens (including phenoxy) is 1. The number of unbranched alkanes of at least 4 members (excludes halogenated alkanes) is 1. The Hall–Kier alpha value is -3.07. The summed E-state index contributed by atoms with van der Waals surface area (Å²) >= 11 is 0. The van der Waals surface area contributed by atoms with Gasteiger partial charge in [-0.3, -0.25) is 4.90 Å². The van der Waals surface area contributed by atoms with Crippen LogP contribution in [0.2, 0.25) is 0 Å². The quantitative estimate of drug-likeness (QED) is 0.481. The fourth-order valence-electron chi connectivity index (χ4n) is 3.90. The predicted octanol–water partition coefficient (Wildman–Crippen LogP) is 5.94. The number of amides is 1. The summed E-state index contributed by atoms with van der Waals surface area (Å²) in [6.45, 7) is 0.703. The van der Waals surface area contributed by atoms with E-state index in [1.165, 1.54) is 5.56 Å². The molecule has 0 N–H and O–H groups in total. The second-order valence-electron chi connectivity index (χ2n) is 7.21. The van der Waals surface area contributed by atoms with E-state index in [1.807, 2.05) is 59.5 Å². The van der Waals surface area contributed by atoms with Gasteiger partial charge >= 0.3 is 6.09 Å². The number of benzene rings is 3. The zero-order valence-electron chi connectivity index (χ0n) is 15.9. The monoisotopic (exact) mass is 371 g/mol. The molecule has 1 amide bonds. The molecule has 3 heteroatoms. The Morgan fingerprint density at radius 3 is 1.93 bits per heavy atom. The van der Waals surface area contributed by atoms with E-state index in [-0.39, 0.29) is 18.2 Å². The normalized spacial score (nSPS) is 18.9. The van der Waals surface area contributed by atoms with E-state index >= 15 is 0 Å². The van der Waals surface area contributed by atoms with Crippen LogP contribution in [0.15, 0.2) is 91.0 Å². The molecule has 2 atom stereocenters. The van der Waals surface area contributed by atoms with Crippen molar-refractivity contribution < 1.29 is 9.53 Å². The molecule has 0 spiro atoms. The molecule has 1 aliphatic rings. The molecule has 0 aromatic heterocycles. The second-order valence-corrected chi connectivity index (χ2v) is 7.21. The highest BCUT2D eigenvalue weighted by Crippen LogP contribution is 2.42. The van der Waals surface area contributed by atoms with Crippen LogP contribution < -0.4 is 0 Å². The Morgan fingerprint density at radius 2 is 1.29 bits per heavy atom. The number of carbonyl (C=O) groups is 1. The van der Waals surface area contributed by atoms with Crippen molar-refractivity contribution in [2.75, 3.05) is 6.54 Å². The largest absolute Gasteiger partial charge is 0.439 e. The third kappa shape index (κ3) is 4.09. The molecule has 4 rings (SSSR count). The third-order valence-electron chi connectivity index (χ3n) is 5.31. The first-order chi connectivity index (χ1) is 13.8. The highest BCUT2D eigenvalue weighted by atomic mass is 16.6. The van der Waals surface area contributed by atoms with Gasteiger partial charge in [0.25, 0.3) is 0 Å². The number of cyclic esters (lactones) is 1. The first-order valence-electron chi connectivity index (χ1n) is 9.94. The molecule has 3 aromatic carbocycles. The van der Waals surface area contributed by atoms with Gasteiger partial charge in [0.2, 0.25) is 0 Å². The smallest absolute Gasteiger partial charge is 0.411 e. The van der Waals surface area contributed by atoms with Crippen LogP contribution in [-0.4, -0.2) is 17.5 Å². The van der Waals surface area contributed by atoms with E-state index in [2.05, 4.69) is 36.4 Å². The van der Waals surface area contributed by atoms with Gasteiger partial charge in [0.1, 0.15) is 6.04 Å². The Balaban J connectivity index is 1.49. The molecular weight excluding hydrogens is 346 g/mol. The van der Waals surface area contributed by atoms with E-state index < -0.39 is 0 Å². The lowest BCUT2D eigenvalue weighted by molar-refractivity contribution is 0.130. The molecule has 1 fully saturated rings. The molecular formula is C25H25NO2. The summed E-state index contributed by atoms with van der Waals surface area (Å²) in [6.07, 6.45) is 2.54. The van der Waals surface area contributed by atoms with Crippen molar-refractivity contribution in [2.45, 2.75) is 31.4 Å². The summed E-state index contributed by atoms with van der Waals surface area (Å²) in [4.78, 5) is 14.6. The van der Waals surface area contributed by atoms with Crippen LogP contribution in [0.4, 0.5) is 4.79 Å². The lowest BCUT2D eigenvalue weighted by Gasteiger charge is -2.25. The average molecular weight is 371 g/mol. The number of nitrogens with zero attached hydrogens (tertiary/aromatic N) is 1. The first kappa shape index (κ1) is 18.3. The van der Waals surface area contributed by atoms with Crippen LogP contribution in [0.1, 0.15) is 41.7 Å². The summed E-state index contributed by atoms with van der Waals surface area (Å²) in [5.41, 5.74) is 3.50. The zero-order valence-corrected chi connectivity index (χ0v) is 15.9. The van der Waals surface area contributed by atoms with Crippen LogP contribution in [0.25, 0.3) is 0 Å². The lowest BCUT2D eigenvalue weighted by atomic mass is 9.95. The molecule has 0 bridgehead atoms. The van der Waals surface area contributed by atoms with E-state index in [4.69, 9.17) is 4.74 Å². The molecule has 1 aliphatic heterocycles. The van der Waals surface area contributed by atoms with Gasteiger partial charge in [-0.2, -0.15) is 0 Å². The maximum Gasteiger partial charge on any atom is 0.411 e. The minimum absolute atomic E-state index is 0.0900. The molecule has 142 valence electrons. The van der Waals surface area contributed by atoms with E-state index in [0.29, 0.717) is 6.54 Å². The van der Waals surface area contributed by atoms with Crippen LogP contribution in [0.3, 0.4) is 0 Å². The highest BCUT2D eigenvalue weighted by molar-refractivity contribution is 5.71. The van der Waals surface area contributed by atoms with Crippen LogP contribution in [0, 0.1) is 0 Å². The van der Waals surface area contributed by atoms with Crippen molar-refractivity contribution in [2.24, 2.45) is 0 Å².